The number of sulfonamides is 1. The second-order valence-corrected chi connectivity index (χ2v) is 10.1. The Hall–Kier alpha value is -1.96. The fraction of sp³-hybridized carbons (Fsp3) is 0.667. The SMILES string of the molecule is CS(=O)(=O)N1CC[C@@H](Nc2ncc3c(F)cc(C4CCN(CC(F)F)C4)n3n2)[C@H](O)C1. The van der Waals surface area contributed by atoms with Gasteiger partial charge in [-0.3, -0.25) is 4.90 Å². The first-order valence-electron chi connectivity index (χ1n) is 10.1. The number of hydrogen-bond acceptors (Lipinski definition) is 7. The molecular weight excluding hydrogens is 437 g/mol. The van der Waals surface area contributed by atoms with Gasteiger partial charge >= 0.3 is 0 Å². The second-order valence-electron chi connectivity index (χ2n) is 8.16. The van der Waals surface area contributed by atoms with Crippen LogP contribution in [0, 0.1) is 5.82 Å². The predicted octanol–water partition coefficient (Wildman–Crippen LogP) is 0.729. The number of nitrogens with zero attached hydrogens (tertiary/aromatic N) is 5. The van der Waals surface area contributed by atoms with Gasteiger partial charge in [0.15, 0.2) is 5.82 Å². The molecule has 0 radical (unpaired) electrons. The largest absolute Gasteiger partial charge is 0.390 e. The molecule has 0 amide bonds. The summed E-state index contributed by atoms with van der Waals surface area (Å²) in [5, 5.41) is 17.7. The summed E-state index contributed by atoms with van der Waals surface area (Å²) in [6, 6.07) is 0.899. The maximum Gasteiger partial charge on any atom is 0.251 e. The number of aliphatic hydroxyl groups excluding tert-OH is 1. The van der Waals surface area contributed by atoms with Crippen molar-refractivity contribution in [3.63, 3.8) is 0 Å². The zero-order valence-corrected chi connectivity index (χ0v) is 17.8. The average Bonchev–Trinajstić information content (AvgIpc) is 3.26. The minimum Gasteiger partial charge on any atom is -0.390 e. The maximum absolute atomic E-state index is 14.4. The molecule has 2 saturated heterocycles. The number of β-amino-alcohol motifs (C(OH)–C–C–N with tert-alkyl or cyclic N) is 1. The zero-order valence-electron chi connectivity index (χ0n) is 17.0. The van der Waals surface area contributed by atoms with Gasteiger partial charge in [0.25, 0.3) is 6.43 Å². The zero-order chi connectivity index (χ0) is 22.3. The lowest BCUT2D eigenvalue weighted by atomic mass is 10.0. The molecule has 2 aliphatic rings. The van der Waals surface area contributed by atoms with E-state index >= 15 is 0 Å². The number of piperidine rings is 1. The predicted molar refractivity (Wildman–Crippen MR) is 107 cm³/mol. The number of alkyl halides is 2. The van der Waals surface area contributed by atoms with E-state index in [-0.39, 0.29) is 37.0 Å². The van der Waals surface area contributed by atoms with Crippen LogP contribution in [0.4, 0.5) is 19.1 Å². The maximum atomic E-state index is 14.4. The highest BCUT2D eigenvalue weighted by atomic mass is 32.2. The topological polar surface area (TPSA) is 103 Å². The van der Waals surface area contributed by atoms with Crippen molar-refractivity contribution < 1.29 is 26.7 Å². The van der Waals surface area contributed by atoms with Crippen LogP contribution in [0.3, 0.4) is 0 Å². The third-order valence-electron chi connectivity index (χ3n) is 5.91. The van der Waals surface area contributed by atoms with E-state index in [0.717, 1.165) is 6.26 Å². The molecule has 2 aliphatic heterocycles. The van der Waals surface area contributed by atoms with E-state index in [9.17, 15) is 26.7 Å². The Morgan fingerprint density at radius 3 is 2.74 bits per heavy atom. The summed E-state index contributed by atoms with van der Waals surface area (Å²) in [6.45, 7) is 0.802. The fourth-order valence-corrected chi connectivity index (χ4v) is 5.17. The van der Waals surface area contributed by atoms with Gasteiger partial charge in [-0.1, -0.05) is 0 Å². The summed E-state index contributed by atoms with van der Waals surface area (Å²) >= 11 is 0. The van der Waals surface area contributed by atoms with Crippen LogP contribution in [0.1, 0.15) is 24.5 Å². The van der Waals surface area contributed by atoms with Gasteiger partial charge in [0.2, 0.25) is 16.0 Å². The molecule has 172 valence electrons. The number of anilines is 1. The van der Waals surface area contributed by atoms with Gasteiger partial charge in [0.05, 0.1) is 36.8 Å². The number of fused-ring (bicyclic) bond motifs is 1. The van der Waals surface area contributed by atoms with Gasteiger partial charge in [-0.25, -0.2) is 31.1 Å². The molecule has 31 heavy (non-hydrogen) atoms. The number of nitrogens with one attached hydrogen (secondary N) is 1. The third kappa shape index (κ3) is 4.78. The molecule has 9 nitrogen and oxygen atoms in total. The molecule has 13 heteroatoms. The van der Waals surface area contributed by atoms with Crippen LogP contribution >= 0.6 is 0 Å². The first-order chi connectivity index (χ1) is 14.6. The van der Waals surface area contributed by atoms with Gasteiger partial charge in [0, 0.05) is 25.6 Å². The molecule has 0 aromatic carbocycles. The number of rotatable bonds is 6. The minimum absolute atomic E-state index is 0.0375. The Balaban J connectivity index is 1.51. The Kier molecular flexibility index (Phi) is 6.12. The molecule has 4 rings (SSSR count). The standard InChI is InChI=1S/C18H25F3N6O3S/c1-31(29,30)26-5-3-13(16(28)9-26)23-18-22-7-15-12(19)6-14(27(15)24-18)11-2-4-25(8-11)10-17(20)21/h6-7,11,13,16-17,28H,2-5,8-10H2,1H3,(H,23,24)/t11?,13-,16-/m1/s1. The van der Waals surface area contributed by atoms with Crippen LogP contribution < -0.4 is 5.32 Å². The summed E-state index contributed by atoms with van der Waals surface area (Å²) in [6.07, 6.45) is 0.0250. The number of likely N-dealkylation sites (tertiary alicyclic amines) is 1. The highest BCUT2D eigenvalue weighted by molar-refractivity contribution is 7.88. The Bertz CT molecular complexity index is 1050. The van der Waals surface area contributed by atoms with E-state index < -0.39 is 34.4 Å². The molecule has 4 heterocycles. The van der Waals surface area contributed by atoms with E-state index in [4.69, 9.17) is 0 Å². The molecular formula is C18H25F3N6O3S. The molecule has 2 fully saturated rings. The molecule has 0 bridgehead atoms. The van der Waals surface area contributed by atoms with E-state index in [1.165, 1.54) is 21.1 Å². The van der Waals surface area contributed by atoms with Crippen LogP contribution in [0.5, 0.6) is 0 Å². The number of hydrogen-bond donors (Lipinski definition) is 2. The normalized spacial score (nSPS) is 26.2. The van der Waals surface area contributed by atoms with Gasteiger partial charge in [-0.15, -0.1) is 5.10 Å². The molecule has 1 unspecified atom stereocenters. The first-order valence-corrected chi connectivity index (χ1v) is 11.9. The smallest absolute Gasteiger partial charge is 0.251 e. The molecule has 0 aliphatic carbocycles. The van der Waals surface area contributed by atoms with Gasteiger partial charge in [-0.2, -0.15) is 4.31 Å². The summed E-state index contributed by atoms with van der Waals surface area (Å²) in [5.41, 5.74) is 0.766. The second kappa shape index (κ2) is 8.52. The van der Waals surface area contributed by atoms with Crippen LogP contribution in [0.15, 0.2) is 12.3 Å². The molecule has 3 atom stereocenters. The van der Waals surface area contributed by atoms with Gasteiger partial charge in [-0.05, 0) is 25.5 Å². The lowest BCUT2D eigenvalue weighted by molar-refractivity contribution is 0.0950. The van der Waals surface area contributed by atoms with E-state index in [2.05, 4.69) is 15.4 Å². The van der Waals surface area contributed by atoms with Crippen molar-refractivity contribution in [3.05, 3.63) is 23.8 Å². The Morgan fingerprint density at radius 1 is 1.29 bits per heavy atom. The van der Waals surface area contributed by atoms with E-state index in [0.29, 0.717) is 31.6 Å². The molecule has 2 N–H and O–H groups in total. The van der Waals surface area contributed by atoms with Crippen LogP contribution in [-0.2, 0) is 10.0 Å². The quantitative estimate of drug-likeness (QED) is 0.653. The highest BCUT2D eigenvalue weighted by Crippen LogP contribution is 2.30. The van der Waals surface area contributed by atoms with Crippen LogP contribution in [0.2, 0.25) is 0 Å². The van der Waals surface area contributed by atoms with Gasteiger partial charge < -0.3 is 10.4 Å². The average molecular weight is 462 g/mol. The molecule has 0 saturated carbocycles. The van der Waals surface area contributed by atoms with E-state index in [1.807, 2.05) is 0 Å². The number of aromatic nitrogens is 3. The van der Waals surface area contributed by atoms with Crippen molar-refractivity contribution in [2.75, 3.05) is 44.3 Å². The third-order valence-corrected chi connectivity index (χ3v) is 7.18. The minimum atomic E-state index is -3.39. The number of halogens is 3. The van der Waals surface area contributed by atoms with E-state index in [1.54, 1.807) is 4.90 Å². The summed E-state index contributed by atoms with van der Waals surface area (Å²) < 4.78 is 65.8. The first kappa shape index (κ1) is 22.2. The summed E-state index contributed by atoms with van der Waals surface area (Å²) in [7, 11) is -3.39. The van der Waals surface area contributed by atoms with Crippen LogP contribution in [0.25, 0.3) is 5.52 Å². The highest BCUT2D eigenvalue weighted by Gasteiger charge is 2.33. The van der Waals surface area contributed by atoms with Crippen molar-refractivity contribution in [2.24, 2.45) is 0 Å². The summed E-state index contributed by atoms with van der Waals surface area (Å²) in [5.74, 6) is -0.457. The lowest BCUT2D eigenvalue weighted by Crippen LogP contribution is -2.51. The Labute approximate surface area is 177 Å². The summed E-state index contributed by atoms with van der Waals surface area (Å²) in [4.78, 5) is 5.77. The van der Waals surface area contributed by atoms with Crippen molar-refractivity contribution in [2.45, 2.75) is 37.3 Å². The van der Waals surface area contributed by atoms with Crippen molar-refractivity contribution in [3.8, 4) is 0 Å². The Morgan fingerprint density at radius 2 is 2.06 bits per heavy atom. The number of aliphatic hydroxyl groups is 1. The van der Waals surface area contributed by atoms with Crippen LogP contribution in [-0.4, -0.2) is 94.9 Å². The van der Waals surface area contributed by atoms with Crippen molar-refractivity contribution in [1.82, 2.24) is 23.8 Å². The molecule has 2 aromatic heterocycles. The van der Waals surface area contributed by atoms with Crippen molar-refractivity contribution >= 4 is 21.5 Å². The molecule has 2 aromatic rings. The monoisotopic (exact) mass is 462 g/mol. The molecule has 0 spiro atoms. The fourth-order valence-electron chi connectivity index (χ4n) is 4.31. The van der Waals surface area contributed by atoms with Crippen molar-refractivity contribution in [1.29, 1.82) is 0 Å². The lowest BCUT2D eigenvalue weighted by Gasteiger charge is -2.34. The van der Waals surface area contributed by atoms with Gasteiger partial charge in [0.1, 0.15) is 5.52 Å².